The Morgan fingerprint density at radius 2 is 1.06 bits per heavy atom. The number of fused-ring (bicyclic) bond motifs is 4. The normalized spacial score (nSPS) is 11.4. The zero-order valence-electron chi connectivity index (χ0n) is 25.1. The number of aromatic nitrogens is 5. The first-order valence-corrected chi connectivity index (χ1v) is 15.4. The molecule has 0 radical (unpaired) electrons. The van der Waals surface area contributed by atoms with Gasteiger partial charge < -0.3 is 4.42 Å². The number of para-hydroxylation sites is 2. The van der Waals surface area contributed by atoms with E-state index in [1.807, 2.05) is 109 Å². The number of rotatable bonds is 5. The molecule has 6 heteroatoms. The maximum absolute atomic E-state index is 6.37. The van der Waals surface area contributed by atoms with E-state index >= 15 is 0 Å². The smallest absolute Gasteiger partial charge is 0.228 e. The minimum absolute atomic E-state index is 0.579. The standard InChI is InChI=1S/C41H25N5O/c1-3-12-27(13-4-1)38-44-39(28-14-5-2-6-15-28)46-40(45-38)30-18-9-17-29(24-30)33-25-34(31-21-10-16-26-19-11-23-42-37(26)31)43-41-36(33)32-20-7-8-22-35(32)47-41/h1-25H. The Bertz CT molecular complexity index is 2520. The Kier molecular flexibility index (Phi) is 6.35. The lowest BCUT2D eigenvalue weighted by Gasteiger charge is -2.11. The first-order valence-electron chi connectivity index (χ1n) is 15.4. The van der Waals surface area contributed by atoms with Crippen molar-refractivity contribution >= 4 is 33.0 Å². The van der Waals surface area contributed by atoms with Gasteiger partial charge in [0.05, 0.1) is 16.6 Å². The third-order valence-corrected chi connectivity index (χ3v) is 8.39. The number of furan rings is 1. The summed E-state index contributed by atoms with van der Waals surface area (Å²) >= 11 is 0. The van der Waals surface area contributed by atoms with Crippen LogP contribution in [0.2, 0.25) is 0 Å². The highest BCUT2D eigenvalue weighted by molar-refractivity contribution is 6.12. The van der Waals surface area contributed by atoms with E-state index in [4.69, 9.17) is 29.3 Å². The van der Waals surface area contributed by atoms with Gasteiger partial charge in [0, 0.05) is 39.2 Å². The van der Waals surface area contributed by atoms with Crippen molar-refractivity contribution in [2.24, 2.45) is 0 Å². The molecule has 5 aromatic carbocycles. The molecule has 0 aliphatic carbocycles. The molecule has 0 N–H and O–H groups in total. The molecular formula is C41H25N5O. The number of pyridine rings is 2. The van der Waals surface area contributed by atoms with Crippen LogP contribution in [0.5, 0.6) is 0 Å². The van der Waals surface area contributed by atoms with Crippen LogP contribution in [0.3, 0.4) is 0 Å². The topological polar surface area (TPSA) is 77.6 Å². The lowest BCUT2D eigenvalue weighted by Crippen LogP contribution is -2.00. The SMILES string of the molecule is c1ccc(-c2nc(-c3ccccc3)nc(-c3cccc(-c4cc(-c5cccc6cccnc56)nc5oc6ccccc6c45)c3)n2)cc1. The first-order chi connectivity index (χ1) is 23.3. The molecule has 0 saturated heterocycles. The van der Waals surface area contributed by atoms with Crippen molar-refractivity contribution in [3.63, 3.8) is 0 Å². The van der Waals surface area contributed by atoms with Crippen molar-refractivity contribution in [2.75, 3.05) is 0 Å². The highest BCUT2D eigenvalue weighted by atomic mass is 16.3. The Morgan fingerprint density at radius 3 is 1.83 bits per heavy atom. The van der Waals surface area contributed by atoms with Crippen molar-refractivity contribution in [2.45, 2.75) is 0 Å². The molecule has 4 heterocycles. The van der Waals surface area contributed by atoms with Crippen molar-refractivity contribution in [3.05, 3.63) is 152 Å². The molecule has 9 rings (SSSR count). The molecule has 0 fully saturated rings. The Balaban J connectivity index is 1.27. The molecule has 0 amide bonds. The van der Waals surface area contributed by atoms with Crippen LogP contribution in [0.1, 0.15) is 0 Å². The molecule has 4 aromatic heterocycles. The second kappa shape index (κ2) is 11.1. The molecule has 0 aliphatic heterocycles. The summed E-state index contributed by atoms with van der Waals surface area (Å²) in [4.78, 5) is 24.6. The molecule has 0 bridgehead atoms. The lowest BCUT2D eigenvalue weighted by molar-refractivity contribution is 0.655. The summed E-state index contributed by atoms with van der Waals surface area (Å²) in [5, 5.41) is 3.02. The van der Waals surface area contributed by atoms with Crippen LogP contribution in [0.15, 0.2) is 156 Å². The van der Waals surface area contributed by atoms with Gasteiger partial charge in [0.15, 0.2) is 17.5 Å². The summed E-state index contributed by atoms with van der Waals surface area (Å²) in [5.41, 5.74) is 8.74. The second-order valence-electron chi connectivity index (χ2n) is 11.3. The zero-order chi connectivity index (χ0) is 31.2. The molecule has 9 aromatic rings. The summed E-state index contributed by atoms with van der Waals surface area (Å²) in [6.07, 6.45) is 1.82. The van der Waals surface area contributed by atoms with Gasteiger partial charge in [-0.2, -0.15) is 0 Å². The van der Waals surface area contributed by atoms with Gasteiger partial charge in [-0.05, 0) is 35.4 Å². The van der Waals surface area contributed by atoms with Crippen LogP contribution < -0.4 is 0 Å². The Morgan fingerprint density at radius 1 is 0.447 bits per heavy atom. The van der Waals surface area contributed by atoms with Gasteiger partial charge in [0.25, 0.3) is 0 Å². The van der Waals surface area contributed by atoms with Crippen LogP contribution in [0, 0.1) is 0 Å². The number of hydrogen-bond donors (Lipinski definition) is 0. The number of hydrogen-bond acceptors (Lipinski definition) is 6. The van der Waals surface area contributed by atoms with E-state index in [9.17, 15) is 0 Å². The average Bonchev–Trinajstić information content (AvgIpc) is 3.53. The fourth-order valence-electron chi connectivity index (χ4n) is 6.16. The third kappa shape index (κ3) is 4.80. The van der Waals surface area contributed by atoms with Gasteiger partial charge in [-0.15, -0.1) is 0 Å². The van der Waals surface area contributed by atoms with E-state index in [2.05, 4.69) is 42.5 Å². The van der Waals surface area contributed by atoms with Gasteiger partial charge in [-0.3, -0.25) is 4.98 Å². The zero-order valence-corrected chi connectivity index (χ0v) is 25.1. The summed E-state index contributed by atoms with van der Waals surface area (Å²) in [6.45, 7) is 0. The molecule has 6 nitrogen and oxygen atoms in total. The minimum Gasteiger partial charge on any atom is -0.438 e. The molecule has 0 atom stereocenters. The quantitative estimate of drug-likeness (QED) is 0.195. The largest absolute Gasteiger partial charge is 0.438 e. The fourth-order valence-corrected chi connectivity index (χ4v) is 6.16. The van der Waals surface area contributed by atoms with Crippen molar-refractivity contribution in [1.82, 2.24) is 24.9 Å². The molecule has 0 spiro atoms. The highest BCUT2D eigenvalue weighted by Gasteiger charge is 2.19. The van der Waals surface area contributed by atoms with Crippen molar-refractivity contribution in [3.8, 4) is 56.5 Å². The lowest BCUT2D eigenvalue weighted by atomic mass is 9.96. The average molecular weight is 604 g/mol. The predicted octanol–water partition coefficient (Wildman–Crippen LogP) is 10.0. The molecule has 0 unspecified atom stereocenters. The van der Waals surface area contributed by atoms with E-state index in [0.29, 0.717) is 23.2 Å². The Labute approximate surface area is 270 Å². The van der Waals surface area contributed by atoms with E-state index < -0.39 is 0 Å². The van der Waals surface area contributed by atoms with Crippen LogP contribution in [-0.4, -0.2) is 24.9 Å². The van der Waals surface area contributed by atoms with Gasteiger partial charge in [0.1, 0.15) is 5.58 Å². The number of benzene rings is 5. The van der Waals surface area contributed by atoms with Crippen LogP contribution in [0.25, 0.3) is 89.5 Å². The monoisotopic (exact) mass is 603 g/mol. The van der Waals surface area contributed by atoms with Crippen LogP contribution in [0.4, 0.5) is 0 Å². The number of nitrogens with zero attached hydrogens (tertiary/aromatic N) is 5. The van der Waals surface area contributed by atoms with Crippen LogP contribution in [-0.2, 0) is 0 Å². The fraction of sp³-hybridized carbons (Fsp3) is 0. The molecule has 0 aliphatic rings. The first kappa shape index (κ1) is 26.8. The van der Waals surface area contributed by atoms with E-state index in [1.165, 1.54) is 0 Å². The van der Waals surface area contributed by atoms with Crippen molar-refractivity contribution < 1.29 is 4.42 Å². The summed E-state index contributed by atoms with van der Waals surface area (Å²) in [7, 11) is 0. The van der Waals surface area contributed by atoms with Gasteiger partial charge >= 0.3 is 0 Å². The second-order valence-corrected chi connectivity index (χ2v) is 11.3. The third-order valence-electron chi connectivity index (χ3n) is 8.39. The van der Waals surface area contributed by atoms with E-state index in [1.54, 1.807) is 0 Å². The summed E-state index contributed by atoms with van der Waals surface area (Å²) in [6, 6.07) is 48.8. The maximum Gasteiger partial charge on any atom is 0.228 e. The maximum atomic E-state index is 6.37. The van der Waals surface area contributed by atoms with Crippen LogP contribution >= 0.6 is 0 Å². The summed E-state index contributed by atoms with van der Waals surface area (Å²) in [5.74, 6) is 1.84. The van der Waals surface area contributed by atoms with E-state index in [0.717, 1.165) is 66.3 Å². The molecule has 47 heavy (non-hydrogen) atoms. The minimum atomic E-state index is 0.579. The van der Waals surface area contributed by atoms with Gasteiger partial charge in [-0.25, -0.2) is 19.9 Å². The highest BCUT2D eigenvalue weighted by Crippen LogP contribution is 2.40. The van der Waals surface area contributed by atoms with Crippen molar-refractivity contribution in [1.29, 1.82) is 0 Å². The summed E-state index contributed by atoms with van der Waals surface area (Å²) < 4.78 is 6.37. The molecule has 0 saturated carbocycles. The molecular weight excluding hydrogens is 578 g/mol. The van der Waals surface area contributed by atoms with E-state index in [-0.39, 0.29) is 0 Å². The van der Waals surface area contributed by atoms with Gasteiger partial charge in [-0.1, -0.05) is 121 Å². The molecule has 220 valence electrons. The van der Waals surface area contributed by atoms with Gasteiger partial charge in [0.2, 0.25) is 5.71 Å². The Hall–Kier alpha value is -6.53. The predicted molar refractivity (Wildman–Crippen MR) is 187 cm³/mol.